The first-order valence-corrected chi connectivity index (χ1v) is 12.7. The molecule has 15 heteroatoms. The van der Waals surface area contributed by atoms with Crippen LogP contribution in [0, 0.1) is 0 Å². The van der Waals surface area contributed by atoms with E-state index >= 15 is 0 Å². The summed E-state index contributed by atoms with van der Waals surface area (Å²) in [4.78, 5) is 34.4. The van der Waals surface area contributed by atoms with Crippen LogP contribution < -0.4 is 22.8 Å². The van der Waals surface area contributed by atoms with Crippen LogP contribution in [-0.4, -0.2) is 54.0 Å². The molecule has 0 aliphatic carbocycles. The Labute approximate surface area is 229 Å². The van der Waals surface area contributed by atoms with Crippen LogP contribution in [0.2, 0.25) is 0 Å². The van der Waals surface area contributed by atoms with E-state index in [2.05, 4.69) is 54.1 Å². The molecular formula is C25H34N14O. The number of hydrogen-bond donors (Lipinski definition) is 4. The molecule has 7 N–H and O–H groups in total. The number of aromatic nitrogens is 11. The molecule has 0 radical (unpaired) electrons. The van der Waals surface area contributed by atoms with Gasteiger partial charge >= 0.3 is 0 Å². The van der Waals surface area contributed by atoms with Crippen molar-refractivity contribution in [3.05, 3.63) is 47.5 Å². The molecule has 0 atom stereocenters. The van der Waals surface area contributed by atoms with Crippen molar-refractivity contribution >= 4 is 50.8 Å². The second kappa shape index (κ2) is 11.3. The molecule has 0 saturated heterocycles. The Morgan fingerprint density at radius 1 is 0.700 bits per heavy atom. The highest BCUT2D eigenvalue weighted by atomic mass is 16.1. The van der Waals surface area contributed by atoms with E-state index in [9.17, 15) is 4.79 Å². The lowest BCUT2D eigenvalue weighted by atomic mass is 10.3. The number of hydrogen-bond acceptors (Lipinski definition) is 11. The smallest absolute Gasteiger partial charge is 0.280 e. The molecule has 6 aromatic rings. The van der Waals surface area contributed by atoms with Crippen molar-refractivity contribution < 1.29 is 0 Å². The number of nitrogen functional groups attached to an aromatic ring is 3. The van der Waals surface area contributed by atoms with E-state index in [4.69, 9.17) is 17.2 Å². The van der Waals surface area contributed by atoms with Gasteiger partial charge in [-0.25, -0.2) is 24.6 Å². The van der Waals surface area contributed by atoms with Gasteiger partial charge in [-0.15, -0.1) is 5.10 Å². The van der Waals surface area contributed by atoms with Crippen LogP contribution in [0.3, 0.4) is 0 Å². The van der Waals surface area contributed by atoms with E-state index < -0.39 is 0 Å². The number of nitrogens with two attached hydrogens (primary N) is 3. The predicted molar refractivity (Wildman–Crippen MR) is 155 cm³/mol. The minimum Gasteiger partial charge on any atom is -0.397 e. The van der Waals surface area contributed by atoms with E-state index in [1.165, 1.54) is 0 Å². The van der Waals surface area contributed by atoms with Crippen molar-refractivity contribution in [1.82, 2.24) is 54.0 Å². The molecule has 6 aromatic heterocycles. The van der Waals surface area contributed by atoms with Gasteiger partial charge in [0.05, 0.1) is 30.1 Å². The SMILES string of the molecule is CC(C)n1cnc2c(=O)[nH]c(N)nc21.CC(C)n1cnc2c(N)ccnc21.CC(C)n1nnc2c(N)ccnc21. The Kier molecular flexibility index (Phi) is 7.93. The molecule has 0 fully saturated rings. The second-order valence-corrected chi connectivity index (χ2v) is 9.89. The van der Waals surface area contributed by atoms with Gasteiger partial charge in [0.15, 0.2) is 28.0 Å². The largest absolute Gasteiger partial charge is 0.397 e. The Morgan fingerprint density at radius 2 is 1.25 bits per heavy atom. The van der Waals surface area contributed by atoms with Crippen LogP contribution in [0.5, 0.6) is 0 Å². The summed E-state index contributed by atoms with van der Waals surface area (Å²) in [5.74, 6) is 0.116. The molecule has 0 amide bonds. The zero-order valence-corrected chi connectivity index (χ0v) is 23.3. The summed E-state index contributed by atoms with van der Waals surface area (Å²) in [5.41, 5.74) is 21.8. The minimum atomic E-state index is -0.299. The first-order chi connectivity index (χ1) is 19.0. The highest BCUT2D eigenvalue weighted by molar-refractivity contribution is 5.84. The zero-order valence-electron chi connectivity index (χ0n) is 23.3. The van der Waals surface area contributed by atoms with Crippen molar-refractivity contribution in [1.29, 1.82) is 0 Å². The first-order valence-electron chi connectivity index (χ1n) is 12.7. The Hall–Kier alpha value is -5.08. The van der Waals surface area contributed by atoms with E-state index in [0.717, 1.165) is 16.8 Å². The fourth-order valence-electron chi connectivity index (χ4n) is 3.86. The monoisotopic (exact) mass is 546 g/mol. The quantitative estimate of drug-likeness (QED) is 0.253. The van der Waals surface area contributed by atoms with Gasteiger partial charge in [-0.3, -0.25) is 9.78 Å². The van der Waals surface area contributed by atoms with E-state index in [-0.39, 0.29) is 23.6 Å². The Morgan fingerprint density at radius 3 is 1.85 bits per heavy atom. The zero-order chi connectivity index (χ0) is 29.1. The number of H-pyrrole nitrogens is 1. The Bertz CT molecular complexity index is 1720. The highest BCUT2D eigenvalue weighted by Crippen LogP contribution is 2.20. The average Bonchev–Trinajstić information content (AvgIpc) is 3.62. The third-order valence-electron chi connectivity index (χ3n) is 5.94. The third kappa shape index (κ3) is 5.52. The van der Waals surface area contributed by atoms with Gasteiger partial charge in [0.25, 0.3) is 5.56 Å². The first kappa shape index (κ1) is 27.9. The fourth-order valence-corrected chi connectivity index (χ4v) is 3.86. The number of pyridine rings is 2. The van der Waals surface area contributed by atoms with Gasteiger partial charge < -0.3 is 26.3 Å². The molecule has 15 nitrogen and oxygen atoms in total. The standard InChI is InChI=1S/C9H12N4.C8H11N5O.C8H11N5/c1-6(2)13-5-12-8-7(10)3-4-11-9(8)13;1-4(2)13-3-10-5-6(13)11-8(9)12-7(5)14;1-5(2)13-8-7(11-12-13)6(9)3-4-10-8/h3-6H,1-2H3,(H2,10,11);3-4H,1-2H3,(H3,9,11,12,14);3-5H,1-2H3,(H2,9,10). The summed E-state index contributed by atoms with van der Waals surface area (Å²) in [7, 11) is 0. The maximum Gasteiger partial charge on any atom is 0.280 e. The van der Waals surface area contributed by atoms with Gasteiger partial charge in [-0.2, -0.15) is 4.98 Å². The average molecular weight is 547 g/mol. The van der Waals surface area contributed by atoms with Crippen LogP contribution >= 0.6 is 0 Å². The second-order valence-electron chi connectivity index (χ2n) is 9.89. The fraction of sp³-hybridized carbons (Fsp3) is 0.360. The summed E-state index contributed by atoms with van der Waals surface area (Å²) in [5, 5.41) is 7.94. The highest BCUT2D eigenvalue weighted by Gasteiger charge is 2.11. The molecule has 0 aliphatic rings. The number of nitrogens with one attached hydrogen (secondary N) is 1. The number of nitrogens with zero attached hydrogens (tertiary/aromatic N) is 10. The van der Waals surface area contributed by atoms with Gasteiger partial charge in [-0.05, 0) is 53.7 Å². The molecule has 6 heterocycles. The Balaban J connectivity index is 0.000000139. The molecule has 0 saturated carbocycles. The van der Waals surface area contributed by atoms with Crippen LogP contribution in [0.4, 0.5) is 17.3 Å². The lowest BCUT2D eigenvalue weighted by Crippen LogP contribution is -2.12. The van der Waals surface area contributed by atoms with Crippen LogP contribution in [0.1, 0.15) is 59.7 Å². The summed E-state index contributed by atoms with van der Waals surface area (Å²) < 4.78 is 5.57. The van der Waals surface area contributed by atoms with Crippen molar-refractivity contribution in [3.63, 3.8) is 0 Å². The van der Waals surface area contributed by atoms with Crippen LogP contribution in [-0.2, 0) is 0 Å². The number of anilines is 3. The molecular weight excluding hydrogens is 512 g/mol. The number of rotatable bonds is 3. The van der Waals surface area contributed by atoms with Gasteiger partial charge in [0.2, 0.25) is 5.95 Å². The normalized spacial score (nSPS) is 11.3. The summed E-state index contributed by atoms with van der Waals surface area (Å²) >= 11 is 0. The molecule has 0 bridgehead atoms. The topological polar surface area (TPSA) is 216 Å². The number of aromatic amines is 1. The van der Waals surface area contributed by atoms with Crippen molar-refractivity contribution in [2.75, 3.05) is 17.2 Å². The minimum absolute atomic E-state index is 0.116. The van der Waals surface area contributed by atoms with Crippen molar-refractivity contribution in [2.45, 2.75) is 59.7 Å². The summed E-state index contributed by atoms with van der Waals surface area (Å²) in [6.45, 7) is 12.2. The van der Waals surface area contributed by atoms with Gasteiger partial charge in [-0.1, -0.05) is 5.21 Å². The van der Waals surface area contributed by atoms with Crippen molar-refractivity contribution in [2.24, 2.45) is 0 Å². The molecule has 40 heavy (non-hydrogen) atoms. The maximum absolute atomic E-state index is 11.4. The maximum atomic E-state index is 11.4. The summed E-state index contributed by atoms with van der Waals surface area (Å²) in [6.07, 6.45) is 6.74. The van der Waals surface area contributed by atoms with Crippen LogP contribution in [0.25, 0.3) is 33.5 Å². The van der Waals surface area contributed by atoms with Crippen LogP contribution in [0.15, 0.2) is 42.0 Å². The lowest BCUT2D eigenvalue weighted by molar-refractivity contribution is 0.526. The van der Waals surface area contributed by atoms with Gasteiger partial charge in [0, 0.05) is 24.5 Å². The van der Waals surface area contributed by atoms with Gasteiger partial charge in [0.1, 0.15) is 5.52 Å². The number of imidazole rings is 2. The molecule has 0 aliphatic heterocycles. The molecule has 0 spiro atoms. The van der Waals surface area contributed by atoms with E-state index in [1.54, 1.807) is 46.4 Å². The van der Waals surface area contributed by atoms with Crippen molar-refractivity contribution in [3.8, 4) is 0 Å². The summed E-state index contributed by atoms with van der Waals surface area (Å²) in [6, 6.07) is 4.30. The van der Waals surface area contributed by atoms with E-state index in [1.807, 2.05) is 32.3 Å². The molecule has 6 rings (SSSR count). The predicted octanol–water partition coefficient (Wildman–Crippen LogP) is 2.87. The number of fused-ring (bicyclic) bond motifs is 3. The molecule has 0 unspecified atom stereocenters. The van der Waals surface area contributed by atoms with E-state index in [0.29, 0.717) is 34.1 Å². The third-order valence-corrected chi connectivity index (χ3v) is 5.94. The molecule has 210 valence electrons. The lowest BCUT2D eigenvalue weighted by Gasteiger charge is -2.06. The molecule has 0 aromatic carbocycles.